The average molecular weight is 167 g/mol. The van der Waals surface area contributed by atoms with Gasteiger partial charge in [-0.3, -0.25) is 4.90 Å². The monoisotopic (exact) mass is 167 g/mol. The van der Waals surface area contributed by atoms with Gasteiger partial charge in [-0.2, -0.15) is 0 Å². The highest BCUT2D eigenvalue weighted by atomic mass is 16.5. The molecule has 2 heteroatoms. The second-order valence-electron chi connectivity index (χ2n) is 3.74. The molecule has 1 saturated carbocycles. The molecule has 2 nitrogen and oxygen atoms in total. The van der Waals surface area contributed by atoms with E-state index in [1.54, 1.807) is 0 Å². The zero-order chi connectivity index (χ0) is 8.39. The van der Waals surface area contributed by atoms with Gasteiger partial charge in [-0.1, -0.05) is 12.2 Å². The molecule has 0 aromatic heterocycles. The zero-order valence-electron chi connectivity index (χ0n) is 7.70. The highest BCUT2D eigenvalue weighted by molar-refractivity contribution is 4.97. The van der Waals surface area contributed by atoms with Gasteiger partial charge in [-0.05, 0) is 19.3 Å². The van der Waals surface area contributed by atoms with Gasteiger partial charge < -0.3 is 4.74 Å². The summed E-state index contributed by atoms with van der Waals surface area (Å²) in [7, 11) is 1.82. The molecule has 1 aliphatic heterocycles. The molecule has 0 atom stereocenters. The number of hydrogen-bond donors (Lipinski definition) is 0. The molecule has 0 aromatic rings. The van der Waals surface area contributed by atoms with E-state index in [0.29, 0.717) is 6.10 Å². The highest BCUT2D eigenvalue weighted by Crippen LogP contribution is 2.28. The summed E-state index contributed by atoms with van der Waals surface area (Å²) >= 11 is 0. The van der Waals surface area contributed by atoms with Crippen LogP contribution in [-0.4, -0.2) is 37.2 Å². The van der Waals surface area contributed by atoms with Crippen molar-refractivity contribution in [1.29, 1.82) is 0 Å². The quantitative estimate of drug-likeness (QED) is 0.577. The lowest BCUT2D eigenvalue weighted by Crippen LogP contribution is -2.48. The lowest BCUT2D eigenvalue weighted by atomic mass is 9.87. The van der Waals surface area contributed by atoms with Crippen LogP contribution in [0.4, 0.5) is 0 Å². The fraction of sp³-hybridized carbons (Fsp3) is 0.800. The summed E-state index contributed by atoms with van der Waals surface area (Å²) in [6.07, 6.45) is 8.82. The summed E-state index contributed by atoms with van der Waals surface area (Å²) in [5.74, 6) is 0. The van der Waals surface area contributed by atoms with Gasteiger partial charge in [-0.25, -0.2) is 0 Å². The van der Waals surface area contributed by atoms with Crippen LogP contribution in [0.15, 0.2) is 12.2 Å². The molecule has 0 amide bonds. The normalized spacial score (nSPS) is 36.4. The Balaban J connectivity index is 1.76. The van der Waals surface area contributed by atoms with E-state index in [4.69, 9.17) is 4.74 Å². The second-order valence-corrected chi connectivity index (χ2v) is 3.74. The van der Waals surface area contributed by atoms with Crippen LogP contribution in [-0.2, 0) is 4.74 Å². The maximum Gasteiger partial charge on any atom is 0.0601 e. The Hall–Kier alpha value is -0.340. The van der Waals surface area contributed by atoms with E-state index < -0.39 is 0 Å². The van der Waals surface area contributed by atoms with Crippen LogP contribution < -0.4 is 0 Å². The van der Waals surface area contributed by atoms with Crippen molar-refractivity contribution in [3.63, 3.8) is 0 Å². The largest absolute Gasteiger partial charge is 0.381 e. The minimum absolute atomic E-state index is 0.543. The molecule has 0 bridgehead atoms. The van der Waals surface area contributed by atoms with Crippen LogP contribution in [0.5, 0.6) is 0 Å². The summed E-state index contributed by atoms with van der Waals surface area (Å²) < 4.78 is 5.26. The predicted octanol–water partition coefficient (Wildman–Crippen LogP) is 1.43. The Labute approximate surface area is 74.2 Å². The maximum absolute atomic E-state index is 5.26. The van der Waals surface area contributed by atoms with Gasteiger partial charge in [0.05, 0.1) is 6.10 Å². The standard InChI is InChI=1S/C10H17NO/c1-12-10-7-9(8-10)11-5-3-2-4-6-11/h2-3,9-10H,4-8H2,1H3. The van der Waals surface area contributed by atoms with Crippen molar-refractivity contribution in [2.45, 2.75) is 31.4 Å². The number of hydrogen-bond acceptors (Lipinski definition) is 2. The van der Waals surface area contributed by atoms with Crippen LogP contribution in [0.25, 0.3) is 0 Å². The van der Waals surface area contributed by atoms with E-state index in [-0.39, 0.29) is 0 Å². The van der Waals surface area contributed by atoms with Crippen LogP contribution in [0, 0.1) is 0 Å². The third kappa shape index (κ3) is 1.54. The molecule has 2 aliphatic rings. The molecule has 0 radical (unpaired) electrons. The van der Waals surface area contributed by atoms with Crippen LogP contribution in [0.2, 0.25) is 0 Å². The molecule has 0 saturated heterocycles. The van der Waals surface area contributed by atoms with Gasteiger partial charge in [0, 0.05) is 26.2 Å². The first-order valence-electron chi connectivity index (χ1n) is 4.82. The molecule has 0 aromatic carbocycles. The molecule has 2 rings (SSSR count). The molecule has 68 valence electrons. The summed E-state index contributed by atoms with van der Waals surface area (Å²) in [5, 5.41) is 0. The molecular weight excluding hydrogens is 150 g/mol. The van der Waals surface area contributed by atoms with Crippen molar-refractivity contribution < 1.29 is 4.74 Å². The third-order valence-corrected chi connectivity index (χ3v) is 3.01. The molecule has 12 heavy (non-hydrogen) atoms. The van der Waals surface area contributed by atoms with E-state index in [9.17, 15) is 0 Å². The Bertz CT molecular complexity index is 173. The van der Waals surface area contributed by atoms with Crippen LogP contribution in [0.3, 0.4) is 0 Å². The fourth-order valence-electron chi connectivity index (χ4n) is 2.02. The van der Waals surface area contributed by atoms with Gasteiger partial charge >= 0.3 is 0 Å². The van der Waals surface area contributed by atoms with Gasteiger partial charge in [0.2, 0.25) is 0 Å². The third-order valence-electron chi connectivity index (χ3n) is 3.01. The SMILES string of the molecule is COC1CC(N2CC=CCC2)C1. The lowest BCUT2D eigenvalue weighted by molar-refractivity contribution is -0.0242. The first-order valence-corrected chi connectivity index (χ1v) is 4.82. The Morgan fingerprint density at radius 3 is 2.75 bits per heavy atom. The van der Waals surface area contributed by atoms with E-state index >= 15 is 0 Å². The highest BCUT2D eigenvalue weighted by Gasteiger charge is 2.33. The second kappa shape index (κ2) is 3.58. The molecule has 1 fully saturated rings. The minimum Gasteiger partial charge on any atom is -0.381 e. The number of nitrogens with zero attached hydrogens (tertiary/aromatic N) is 1. The summed E-state index contributed by atoms with van der Waals surface area (Å²) in [6.45, 7) is 2.40. The molecule has 1 aliphatic carbocycles. The van der Waals surface area contributed by atoms with Crippen molar-refractivity contribution in [1.82, 2.24) is 4.90 Å². The summed E-state index contributed by atoms with van der Waals surface area (Å²) in [6, 6.07) is 0.805. The van der Waals surface area contributed by atoms with E-state index in [0.717, 1.165) is 12.6 Å². The maximum atomic E-state index is 5.26. The minimum atomic E-state index is 0.543. The number of ether oxygens (including phenoxy) is 1. The lowest BCUT2D eigenvalue weighted by Gasteiger charge is -2.42. The first-order chi connectivity index (χ1) is 5.90. The van der Waals surface area contributed by atoms with Crippen molar-refractivity contribution in [3.05, 3.63) is 12.2 Å². The first kappa shape index (κ1) is 8.27. The molecule has 1 heterocycles. The smallest absolute Gasteiger partial charge is 0.0601 e. The average Bonchev–Trinajstić information content (AvgIpc) is 2.04. The Morgan fingerprint density at radius 2 is 2.17 bits per heavy atom. The van der Waals surface area contributed by atoms with E-state index in [2.05, 4.69) is 17.1 Å². The summed E-state index contributed by atoms with van der Waals surface area (Å²) in [5.41, 5.74) is 0. The predicted molar refractivity (Wildman–Crippen MR) is 49.1 cm³/mol. The van der Waals surface area contributed by atoms with E-state index in [1.165, 1.54) is 25.8 Å². The van der Waals surface area contributed by atoms with Crippen LogP contribution in [0.1, 0.15) is 19.3 Å². The summed E-state index contributed by atoms with van der Waals surface area (Å²) in [4.78, 5) is 2.56. The molecule has 0 N–H and O–H groups in total. The Morgan fingerprint density at radius 1 is 1.33 bits per heavy atom. The van der Waals surface area contributed by atoms with Gasteiger partial charge in [0.15, 0.2) is 0 Å². The van der Waals surface area contributed by atoms with E-state index in [1.807, 2.05) is 7.11 Å². The number of methoxy groups -OCH3 is 1. The fourth-order valence-corrected chi connectivity index (χ4v) is 2.02. The van der Waals surface area contributed by atoms with Crippen molar-refractivity contribution >= 4 is 0 Å². The molecule has 0 spiro atoms. The molecular formula is C10H17NO. The number of rotatable bonds is 2. The topological polar surface area (TPSA) is 12.5 Å². The van der Waals surface area contributed by atoms with Crippen molar-refractivity contribution in [2.75, 3.05) is 20.2 Å². The zero-order valence-corrected chi connectivity index (χ0v) is 7.70. The Kier molecular flexibility index (Phi) is 2.47. The van der Waals surface area contributed by atoms with Gasteiger partial charge in [-0.15, -0.1) is 0 Å². The van der Waals surface area contributed by atoms with Crippen LogP contribution >= 0.6 is 0 Å². The van der Waals surface area contributed by atoms with Gasteiger partial charge in [0.25, 0.3) is 0 Å². The molecule has 0 unspecified atom stereocenters. The van der Waals surface area contributed by atoms with Gasteiger partial charge in [0.1, 0.15) is 0 Å². The van der Waals surface area contributed by atoms with Crippen molar-refractivity contribution in [3.8, 4) is 0 Å². The van der Waals surface area contributed by atoms with Crippen molar-refractivity contribution in [2.24, 2.45) is 0 Å².